The Balaban J connectivity index is 4.17. The number of carbonyl (C=O) groups is 4. The van der Waals surface area contributed by atoms with Crippen molar-refractivity contribution in [3.63, 3.8) is 0 Å². The topological polar surface area (TPSA) is 114 Å². The van der Waals surface area contributed by atoms with Crippen molar-refractivity contribution < 1.29 is 23.9 Å². The second-order valence-corrected chi connectivity index (χ2v) is 3.95. The molecule has 3 amide bonds. The molecule has 8 nitrogen and oxygen atoms in total. The summed E-state index contributed by atoms with van der Waals surface area (Å²) in [6.45, 7) is 3.98. The molecule has 0 aromatic rings. The SMILES string of the molecule is COC(=O)CNC(=O)[C@H](C)NC(=O)[C@H](C)NC(C)=O. The van der Waals surface area contributed by atoms with Crippen molar-refractivity contribution in [1.82, 2.24) is 16.0 Å². The van der Waals surface area contributed by atoms with Crippen molar-refractivity contribution in [2.24, 2.45) is 0 Å². The number of amides is 3. The summed E-state index contributed by atoms with van der Waals surface area (Å²) in [5.74, 6) is -1.94. The van der Waals surface area contributed by atoms with Crippen LogP contribution in [-0.4, -0.2) is 49.4 Å². The van der Waals surface area contributed by atoms with Gasteiger partial charge in [-0.15, -0.1) is 0 Å². The number of hydrogen-bond donors (Lipinski definition) is 3. The lowest BCUT2D eigenvalue weighted by Gasteiger charge is -2.17. The highest BCUT2D eigenvalue weighted by Crippen LogP contribution is 1.87. The fraction of sp³-hybridized carbons (Fsp3) is 0.636. The average Bonchev–Trinajstić information content (AvgIpc) is 2.34. The molecule has 0 spiro atoms. The van der Waals surface area contributed by atoms with E-state index in [1.807, 2.05) is 0 Å². The molecule has 0 unspecified atom stereocenters. The molecule has 0 rings (SSSR count). The van der Waals surface area contributed by atoms with Crippen LogP contribution in [0.4, 0.5) is 0 Å². The summed E-state index contributed by atoms with van der Waals surface area (Å²) in [6, 6.07) is -1.57. The summed E-state index contributed by atoms with van der Waals surface area (Å²) in [5.41, 5.74) is 0. The van der Waals surface area contributed by atoms with Gasteiger partial charge in [-0.25, -0.2) is 0 Å². The second kappa shape index (κ2) is 8.06. The van der Waals surface area contributed by atoms with Crippen molar-refractivity contribution in [2.75, 3.05) is 13.7 Å². The summed E-state index contributed by atoms with van der Waals surface area (Å²) in [7, 11) is 1.20. The standard InChI is InChI=1S/C11H19N3O5/c1-6(10(17)12-5-9(16)19-4)14-11(18)7(2)13-8(3)15/h6-7H,5H2,1-4H3,(H,12,17)(H,13,15)(H,14,18)/t6-,7-/m0/s1. The molecule has 0 bridgehead atoms. The molecule has 0 aromatic heterocycles. The quantitative estimate of drug-likeness (QED) is 0.499. The third kappa shape index (κ3) is 7.02. The molecule has 3 N–H and O–H groups in total. The molecule has 2 atom stereocenters. The van der Waals surface area contributed by atoms with Crippen LogP contribution >= 0.6 is 0 Å². The van der Waals surface area contributed by atoms with Gasteiger partial charge in [0.25, 0.3) is 0 Å². The summed E-state index contributed by atoms with van der Waals surface area (Å²) in [5, 5.41) is 7.10. The molecule has 0 aliphatic carbocycles. The Kier molecular flexibility index (Phi) is 7.16. The fourth-order valence-electron chi connectivity index (χ4n) is 1.16. The Labute approximate surface area is 111 Å². The van der Waals surface area contributed by atoms with E-state index in [0.29, 0.717) is 0 Å². The van der Waals surface area contributed by atoms with Crippen molar-refractivity contribution in [2.45, 2.75) is 32.9 Å². The van der Waals surface area contributed by atoms with Crippen LogP contribution < -0.4 is 16.0 Å². The molecule has 0 heterocycles. The van der Waals surface area contributed by atoms with Crippen LogP contribution in [0.25, 0.3) is 0 Å². The molecular formula is C11H19N3O5. The lowest BCUT2D eigenvalue weighted by Crippen LogP contribution is -2.51. The lowest BCUT2D eigenvalue weighted by molar-refractivity contribution is -0.141. The van der Waals surface area contributed by atoms with E-state index in [0.717, 1.165) is 0 Å². The van der Waals surface area contributed by atoms with Crippen molar-refractivity contribution in [3.05, 3.63) is 0 Å². The fourth-order valence-corrected chi connectivity index (χ4v) is 1.16. The summed E-state index contributed by atoms with van der Waals surface area (Å²) >= 11 is 0. The minimum Gasteiger partial charge on any atom is -0.468 e. The molecule has 0 saturated heterocycles. The zero-order chi connectivity index (χ0) is 15.0. The predicted octanol–water partition coefficient (Wildman–Crippen LogP) is -1.70. The van der Waals surface area contributed by atoms with Gasteiger partial charge in [0.15, 0.2) is 0 Å². The number of ether oxygens (including phenoxy) is 1. The number of carbonyl (C=O) groups excluding carboxylic acids is 4. The van der Waals surface area contributed by atoms with Crippen LogP contribution in [0.3, 0.4) is 0 Å². The third-order valence-electron chi connectivity index (χ3n) is 2.20. The van der Waals surface area contributed by atoms with Crippen LogP contribution in [0.5, 0.6) is 0 Å². The van der Waals surface area contributed by atoms with E-state index in [1.54, 1.807) is 0 Å². The van der Waals surface area contributed by atoms with E-state index < -0.39 is 29.9 Å². The zero-order valence-corrected chi connectivity index (χ0v) is 11.4. The van der Waals surface area contributed by atoms with Crippen molar-refractivity contribution in [1.29, 1.82) is 0 Å². The van der Waals surface area contributed by atoms with Gasteiger partial charge in [-0.3, -0.25) is 19.2 Å². The van der Waals surface area contributed by atoms with Crippen LogP contribution in [0.1, 0.15) is 20.8 Å². The van der Waals surface area contributed by atoms with Gasteiger partial charge < -0.3 is 20.7 Å². The molecule has 19 heavy (non-hydrogen) atoms. The van der Waals surface area contributed by atoms with E-state index in [4.69, 9.17) is 0 Å². The first-order chi connectivity index (χ1) is 8.77. The van der Waals surface area contributed by atoms with Gasteiger partial charge in [-0.1, -0.05) is 0 Å². The first kappa shape index (κ1) is 16.9. The molecule has 0 radical (unpaired) electrons. The molecule has 0 fully saturated rings. The summed E-state index contributed by atoms with van der Waals surface area (Å²) in [4.78, 5) is 44.7. The van der Waals surface area contributed by atoms with Gasteiger partial charge in [-0.05, 0) is 13.8 Å². The Morgan fingerprint density at radius 2 is 1.53 bits per heavy atom. The van der Waals surface area contributed by atoms with Gasteiger partial charge in [0.1, 0.15) is 18.6 Å². The Hall–Kier alpha value is -2.12. The Morgan fingerprint density at radius 1 is 1.00 bits per heavy atom. The molecule has 0 aliphatic rings. The van der Waals surface area contributed by atoms with Crippen molar-refractivity contribution >= 4 is 23.7 Å². The number of rotatable bonds is 6. The van der Waals surface area contributed by atoms with E-state index in [-0.39, 0.29) is 12.5 Å². The monoisotopic (exact) mass is 273 g/mol. The first-order valence-electron chi connectivity index (χ1n) is 5.70. The normalized spacial score (nSPS) is 12.8. The van der Waals surface area contributed by atoms with Gasteiger partial charge >= 0.3 is 5.97 Å². The second-order valence-electron chi connectivity index (χ2n) is 3.95. The summed E-state index contributed by atoms with van der Waals surface area (Å²) in [6.07, 6.45) is 0. The predicted molar refractivity (Wildman–Crippen MR) is 65.9 cm³/mol. The maximum Gasteiger partial charge on any atom is 0.325 e. The highest BCUT2D eigenvalue weighted by Gasteiger charge is 2.20. The molecule has 0 aliphatic heterocycles. The molecular weight excluding hydrogens is 254 g/mol. The highest BCUT2D eigenvalue weighted by molar-refractivity contribution is 5.92. The minimum atomic E-state index is -0.826. The van der Waals surface area contributed by atoms with E-state index in [9.17, 15) is 19.2 Å². The zero-order valence-electron chi connectivity index (χ0n) is 11.4. The van der Waals surface area contributed by atoms with E-state index in [2.05, 4.69) is 20.7 Å². The van der Waals surface area contributed by atoms with Gasteiger partial charge in [-0.2, -0.15) is 0 Å². The number of esters is 1. The largest absolute Gasteiger partial charge is 0.468 e. The molecule has 0 aromatic carbocycles. The van der Waals surface area contributed by atoms with Crippen LogP contribution in [0.15, 0.2) is 0 Å². The van der Waals surface area contributed by atoms with Gasteiger partial charge in [0.2, 0.25) is 17.7 Å². The number of nitrogens with one attached hydrogen (secondary N) is 3. The molecule has 0 saturated carbocycles. The maximum absolute atomic E-state index is 11.6. The van der Waals surface area contributed by atoms with E-state index in [1.165, 1.54) is 27.9 Å². The molecule has 108 valence electrons. The Morgan fingerprint density at radius 3 is 2.00 bits per heavy atom. The highest BCUT2D eigenvalue weighted by atomic mass is 16.5. The van der Waals surface area contributed by atoms with E-state index >= 15 is 0 Å². The van der Waals surface area contributed by atoms with Gasteiger partial charge in [0, 0.05) is 6.92 Å². The smallest absolute Gasteiger partial charge is 0.325 e. The maximum atomic E-state index is 11.6. The van der Waals surface area contributed by atoms with Crippen molar-refractivity contribution in [3.8, 4) is 0 Å². The van der Waals surface area contributed by atoms with Crippen LogP contribution in [-0.2, 0) is 23.9 Å². The molecule has 8 heteroatoms. The summed E-state index contributed by atoms with van der Waals surface area (Å²) < 4.78 is 4.35. The minimum absolute atomic E-state index is 0.267. The Bertz CT molecular complexity index is 369. The first-order valence-corrected chi connectivity index (χ1v) is 5.70. The van der Waals surface area contributed by atoms with Gasteiger partial charge in [0.05, 0.1) is 7.11 Å². The number of hydrogen-bond acceptors (Lipinski definition) is 5. The lowest BCUT2D eigenvalue weighted by atomic mass is 10.2. The van der Waals surface area contributed by atoms with Crippen LogP contribution in [0.2, 0.25) is 0 Å². The average molecular weight is 273 g/mol. The number of methoxy groups -OCH3 is 1. The third-order valence-corrected chi connectivity index (χ3v) is 2.20. The van der Waals surface area contributed by atoms with Crippen LogP contribution in [0, 0.1) is 0 Å².